The summed E-state index contributed by atoms with van der Waals surface area (Å²) in [6.45, 7) is 5.73. The smallest absolute Gasteiger partial charge is 0.252 e. The van der Waals surface area contributed by atoms with Crippen LogP contribution >= 0.6 is 0 Å². The van der Waals surface area contributed by atoms with Crippen LogP contribution in [-0.4, -0.2) is 37.1 Å². The predicted molar refractivity (Wildman–Crippen MR) is 121 cm³/mol. The highest BCUT2D eigenvalue weighted by Crippen LogP contribution is 2.25. The molecule has 0 bridgehead atoms. The van der Waals surface area contributed by atoms with Gasteiger partial charge in [-0.2, -0.15) is 0 Å². The Hall–Kier alpha value is -3.61. The van der Waals surface area contributed by atoms with Crippen molar-refractivity contribution in [3.05, 3.63) is 59.8 Å². The van der Waals surface area contributed by atoms with Gasteiger partial charge >= 0.3 is 0 Å². The van der Waals surface area contributed by atoms with Crippen LogP contribution in [0.3, 0.4) is 0 Å². The maximum absolute atomic E-state index is 13.1. The molecule has 1 unspecified atom stereocenters. The first-order valence-corrected chi connectivity index (χ1v) is 10.0. The normalized spacial score (nSPS) is 11.8. The number of rotatable bonds is 7. The Morgan fingerprint density at radius 1 is 1.00 bits per heavy atom. The van der Waals surface area contributed by atoms with E-state index >= 15 is 0 Å². The van der Waals surface area contributed by atoms with E-state index in [1.807, 2.05) is 45.0 Å². The summed E-state index contributed by atoms with van der Waals surface area (Å²) in [6.07, 6.45) is 1.72. The van der Waals surface area contributed by atoms with Crippen LogP contribution in [0.25, 0.3) is 10.9 Å². The number of amides is 2. The molecule has 0 saturated heterocycles. The molecule has 3 rings (SSSR count). The Balaban J connectivity index is 1.84. The molecule has 2 aromatic carbocycles. The largest absolute Gasteiger partial charge is 0.497 e. The van der Waals surface area contributed by atoms with Crippen molar-refractivity contribution >= 4 is 28.4 Å². The molecule has 2 amide bonds. The van der Waals surface area contributed by atoms with Crippen LogP contribution < -0.4 is 20.1 Å². The quantitative estimate of drug-likeness (QED) is 0.603. The van der Waals surface area contributed by atoms with Gasteiger partial charge in [0.1, 0.15) is 17.5 Å². The van der Waals surface area contributed by atoms with E-state index in [2.05, 4.69) is 15.6 Å². The molecule has 0 radical (unpaired) electrons. The average molecular weight is 421 g/mol. The third-order valence-electron chi connectivity index (χ3n) is 5.08. The summed E-state index contributed by atoms with van der Waals surface area (Å²) in [5.74, 6) is 0.169. The number of pyridine rings is 1. The van der Waals surface area contributed by atoms with Crippen LogP contribution in [-0.2, 0) is 4.79 Å². The zero-order chi connectivity index (χ0) is 22.5. The molecule has 0 aliphatic heterocycles. The summed E-state index contributed by atoms with van der Waals surface area (Å²) < 4.78 is 10.5. The molecule has 0 fully saturated rings. The van der Waals surface area contributed by atoms with Gasteiger partial charge in [0.2, 0.25) is 5.91 Å². The third kappa shape index (κ3) is 4.94. The van der Waals surface area contributed by atoms with Gasteiger partial charge < -0.3 is 20.1 Å². The molecule has 1 aromatic heterocycles. The number of carbonyl (C=O) groups is 2. The molecular weight excluding hydrogens is 394 g/mol. The molecule has 0 aliphatic carbocycles. The lowest BCUT2D eigenvalue weighted by Gasteiger charge is -2.22. The summed E-state index contributed by atoms with van der Waals surface area (Å²) in [4.78, 5) is 30.4. The van der Waals surface area contributed by atoms with Gasteiger partial charge in [-0.3, -0.25) is 14.6 Å². The highest BCUT2D eigenvalue weighted by atomic mass is 16.5. The number of aromatic nitrogens is 1. The van der Waals surface area contributed by atoms with E-state index in [1.165, 1.54) is 14.2 Å². The SMILES string of the molecule is COc1cc(OC)cc(C(=O)NC(C(=O)Nc2ccc(C)c3ncccc23)C(C)C)c1. The zero-order valence-electron chi connectivity index (χ0n) is 18.4. The predicted octanol–water partition coefficient (Wildman–Crippen LogP) is 3.95. The first kappa shape index (κ1) is 22.1. The number of anilines is 1. The summed E-state index contributed by atoms with van der Waals surface area (Å²) in [5.41, 5.74) is 2.85. The summed E-state index contributed by atoms with van der Waals surface area (Å²) in [5, 5.41) is 6.64. The van der Waals surface area contributed by atoms with Gasteiger partial charge in [0.25, 0.3) is 5.91 Å². The number of fused-ring (bicyclic) bond motifs is 1. The monoisotopic (exact) mass is 421 g/mol. The van der Waals surface area contributed by atoms with E-state index in [9.17, 15) is 9.59 Å². The van der Waals surface area contributed by atoms with Gasteiger partial charge in [0.05, 0.1) is 25.4 Å². The summed E-state index contributed by atoms with van der Waals surface area (Å²) in [7, 11) is 3.03. The fourth-order valence-corrected chi connectivity index (χ4v) is 3.33. The van der Waals surface area contributed by atoms with Crippen molar-refractivity contribution in [2.75, 3.05) is 19.5 Å². The topological polar surface area (TPSA) is 89.5 Å². The molecule has 31 heavy (non-hydrogen) atoms. The molecule has 0 saturated carbocycles. The van der Waals surface area contributed by atoms with Crippen molar-refractivity contribution in [2.45, 2.75) is 26.8 Å². The van der Waals surface area contributed by atoms with Crippen molar-refractivity contribution < 1.29 is 19.1 Å². The number of carbonyl (C=O) groups excluding carboxylic acids is 2. The molecule has 0 spiro atoms. The number of ether oxygens (including phenoxy) is 2. The second kappa shape index (κ2) is 9.47. The molecule has 1 heterocycles. The van der Waals surface area contributed by atoms with Gasteiger partial charge in [-0.05, 0) is 48.7 Å². The Bertz CT molecular complexity index is 1090. The minimum atomic E-state index is -0.738. The number of hydrogen-bond donors (Lipinski definition) is 2. The first-order valence-electron chi connectivity index (χ1n) is 10.0. The van der Waals surface area contributed by atoms with Crippen LogP contribution in [0.2, 0.25) is 0 Å². The number of nitrogens with one attached hydrogen (secondary N) is 2. The molecular formula is C24H27N3O4. The van der Waals surface area contributed by atoms with E-state index in [4.69, 9.17) is 9.47 Å². The second-order valence-corrected chi connectivity index (χ2v) is 7.62. The van der Waals surface area contributed by atoms with Gasteiger partial charge in [0, 0.05) is 23.2 Å². The Kier molecular flexibility index (Phi) is 6.74. The molecule has 3 aromatic rings. The van der Waals surface area contributed by atoms with Gasteiger partial charge in [-0.1, -0.05) is 19.9 Å². The van der Waals surface area contributed by atoms with Crippen LogP contribution in [0.5, 0.6) is 11.5 Å². The summed E-state index contributed by atoms with van der Waals surface area (Å²) in [6, 6.07) is 11.7. The van der Waals surface area contributed by atoms with Crippen molar-refractivity contribution in [3.63, 3.8) is 0 Å². The molecule has 1 atom stereocenters. The number of hydrogen-bond acceptors (Lipinski definition) is 5. The van der Waals surface area contributed by atoms with E-state index in [0.29, 0.717) is 22.7 Å². The molecule has 7 heteroatoms. The van der Waals surface area contributed by atoms with Crippen LogP contribution in [0.1, 0.15) is 29.8 Å². The molecule has 0 aliphatic rings. The fraction of sp³-hybridized carbons (Fsp3) is 0.292. The average Bonchev–Trinajstić information content (AvgIpc) is 2.78. The van der Waals surface area contributed by atoms with E-state index in [0.717, 1.165) is 16.5 Å². The van der Waals surface area contributed by atoms with Crippen molar-refractivity contribution in [3.8, 4) is 11.5 Å². The minimum absolute atomic E-state index is 0.133. The molecule has 162 valence electrons. The van der Waals surface area contributed by atoms with Crippen molar-refractivity contribution in [2.24, 2.45) is 5.92 Å². The minimum Gasteiger partial charge on any atom is -0.497 e. The zero-order valence-corrected chi connectivity index (χ0v) is 18.4. The standard InChI is InChI=1S/C24H27N3O4/c1-14(2)21(27-23(28)16-11-17(30-4)13-18(12-16)31-5)24(29)26-20-9-8-15(3)22-19(20)7-6-10-25-22/h6-14,21H,1-5H3,(H,26,29)(H,27,28). The first-order chi connectivity index (χ1) is 14.8. The number of aryl methyl sites for hydroxylation is 1. The molecule has 2 N–H and O–H groups in total. The summed E-state index contributed by atoms with van der Waals surface area (Å²) >= 11 is 0. The van der Waals surface area contributed by atoms with Crippen LogP contribution in [0, 0.1) is 12.8 Å². The van der Waals surface area contributed by atoms with E-state index in [1.54, 1.807) is 24.4 Å². The number of benzene rings is 2. The lowest BCUT2D eigenvalue weighted by Crippen LogP contribution is -2.47. The Labute approximate surface area is 181 Å². The Morgan fingerprint density at radius 2 is 1.68 bits per heavy atom. The highest BCUT2D eigenvalue weighted by molar-refractivity contribution is 6.06. The van der Waals surface area contributed by atoms with Gasteiger partial charge in [-0.15, -0.1) is 0 Å². The maximum atomic E-state index is 13.1. The highest BCUT2D eigenvalue weighted by Gasteiger charge is 2.26. The third-order valence-corrected chi connectivity index (χ3v) is 5.08. The number of nitrogens with zero attached hydrogens (tertiary/aromatic N) is 1. The lowest BCUT2D eigenvalue weighted by atomic mass is 10.0. The second-order valence-electron chi connectivity index (χ2n) is 7.62. The molecule has 7 nitrogen and oxygen atoms in total. The fourth-order valence-electron chi connectivity index (χ4n) is 3.33. The maximum Gasteiger partial charge on any atom is 0.252 e. The van der Waals surface area contributed by atoms with E-state index < -0.39 is 6.04 Å². The lowest BCUT2D eigenvalue weighted by molar-refractivity contribution is -0.118. The van der Waals surface area contributed by atoms with Crippen LogP contribution in [0.15, 0.2) is 48.7 Å². The number of methoxy groups -OCH3 is 2. The van der Waals surface area contributed by atoms with Gasteiger partial charge in [-0.25, -0.2) is 0 Å². The van der Waals surface area contributed by atoms with E-state index in [-0.39, 0.29) is 17.7 Å². The Morgan fingerprint density at radius 3 is 2.29 bits per heavy atom. The van der Waals surface area contributed by atoms with Crippen molar-refractivity contribution in [1.29, 1.82) is 0 Å². The van der Waals surface area contributed by atoms with Crippen LogP contribution in [0.4, 0.5) is 5.69 Å². The van der Waals surface area contributed by atoms with Gasteiger partial charge in [0.15, 0.2) is 0 Å². The van der Waals surface area contributed by atoms with Crippen molar-refractivity contribution in [1.82, 2.24) is 10.3 Å².